The van der Waals surface area contributed by atoms with E-state index in [2.05, 4.69) is 32.7 Å². The normalized spacial score (nSPS) is 28.4. The summed E-state index contributed by atoms with van der Waals surface area (Å²) in [5, 5.41) is 0.449. The number of hydrogen-bond acceptors (Lipinski definition) is 3. The van der Waals surface area contributed by atoms with Gasteiger partial charge in [-0.05, 0) is 36.4 Å². The number of nitrogens with one attached hydrogen (secondary N) is 1. The molecule has 0 saturated heterocycles. The van der Waals surface area contributed by atoms with E-state index >= 15 is 0 Å². The van der Waals surface area contributed by atoms with E-state index in [1.165, 1.54) is 0 Å². The fourth-order valence-corrected chi connectivity index (χ4v) is 4.21. The molecule has 1 radical (unpaired) electrons. The monoisotopic (exact) mass is 549 g/mol. The maximum atomic E-state index is 8.75. The van der Waals surface area contributed by atoms with Crippen LogP contribution >= 0.6 is 12.2 Å². The number of ether oxygens (including phenoxy) is 1. The molecule has 1 unspecified atom stereocenters. The molecule has 0 amide bonds. The number of rotatable bonds is 5. The average molecular weight is 549 g/mol. The number of hydrogen-bond donors (Lipinski definition) is 0. The Kier molecular flexibility index (Phi) is 9.22. The molecule has 1 N–H and O–H groups in total. The van der Waals surface area contributed by atoms with Gasteiger partial charge in [-0.3, -0.25) is 4.57 Å². The number of imidazole rings is 1. The molecule has 6 heteroatoms. The van der Waals surface area contributed by atoms with Crippen molar-refractivity contribution in [1.82, 2.24) is 9.55 Å². The first kappa shape index (κ1) is 21.5. The van der Waals surface area contributed by atoms with E-state index in [1.54, 1.807) is 23.3 Å². The van der Waals surface area contributed by atoms with Crippen LogP contribution in [0.3, 0.4) is 0 Å². The topological polar surface area (TPSA) is 50.9 Å². The van der Waals surface area contributed by atoms with Crippen molar-refractivity contribution in [1.29, 1.82) is 0 Å². The summed E-state index contributed by atoms with van der Waals surface area (Å²) in [5.74, 6) is 1.63. The first-order chi connectivity index (χ1) is 10.5. The second kappa shape index (κ2) is 9.85. The van der Waals surface area contributed by atoms with Crippen LogP contribution in [-0.2, 0) is 4.74 Å². The molecule has 1 aliphatic rings. The third-order valence-electron chi connectivity index (χ3n) is 5.26. The molecular weight excluding hydrogens is 521 g/mol. The van der Waals surface area contributed by atoms with Gasteiger partial charge < -0.3 is 10.5 Å². The smallest absolute Gasteiger partial charge is 0.269 e. The fraction of sp³-hybridized carbons (Fsp3) is 0.765. The molecule has 0 aliphatic heterocycles. The van der Waals surface area contributed by atoms with E-state index in [-0.39, 0.29) is 62.1 Å². The maximum absolute atomic E-state index is 8.75. The number of thiocarbonyl (C=S) groups is 1. The molecule has 127 valence electrons. The summed E-state index contributed by atoms with van der Waals surface area (Å²) in [4.78, 5) is 4.02. The van der Waals surface area contributed by atoms with Crippen LogP contribution in [0.2, 0.25) is 0 Å². The zero-order valence-corrected chi connectivity index (χ0v) is 20.2. The second-order valence-electron chi connectivity index (χ2n) is 6.69. The Morgan fingerprint density at radius 2 is 2.00 bits per heavy atom. The molecule has 1 fully saturated rings. The third kappa shape index (κ3) is 5.00. The Bertz CT molecular complexity index is 478. The molecule has 1 saturated carbocycles. The molecule has 0 bridgehead atoms. The average Bonchev–Trinajstić information content (AvgIpc) is 3.09. The Balaban J connectivity index is 0.00000264. The van der Waals surface area contributed by atoms with Gasteiger partial charge in [0.15, 0.2) is 0 Å². The van der Waals surface area contributed by atoms with Gasteiger partial charge in [0.05, 0.1) is 0 Å². The zero-order chi connectivity index (χ0) is 16.3. The molecule has 1 aromatic heterocycles. The zero-order valence-electron chi connectivity index (χ0n) is 14.6. The summed E-state index contributed by atoms with van der Waals surface area (Å²) >= 11 is 5.40. The summed E-state index contributed by atoms with van der Waals surface area (Å²) < 4.78 is 7.88. The van der Waals surface area contributed by atoms with E-state index in [9.17, 15) is 0 Å². The molecule has 0 aromatic carbocycles. The third-order valence-corrected chi connectivity index (χ3v) is 5.57. The van der Waals surface area contributed by atoms with E-state index in [0.717, 1.165) is 19.3 Å². The standard InChI is InChI=1S/C17H28N3OS.Ac/c1-5-13(6-2)15(18)14-11(3)9-12(4)16(14)21-17(22)20-8-7-19-10-20;/h7-8,10-16,18H,5-6,9H2,1-4H3;/q-1;/t11-,12+,14-,15?,16-;/m1./s1. The molecular formula is C17H28AcN3OS-. The van der Waals surface area contributed by atoms with Gasteiger partial charge in [-0.15, -0.1) is 6.04 Å². The van der Waals surface area contributed by atoms with Crippen LogP contribution < -0.4 is 0 Å². The number of aromatic nitrogens is 2. The van der Waals surface area contributed by atoms with Gasteiger partial charge in [-0.1, -0.05) is 46.5 Å². The predicted molar refractivity (Wildman–Crippen MR) is 93.7 cm³/mol. The Hall–Kier alpha value is 0.502. The minimum atomic E-state index is -0.0782. The van der Waals surface area contributed by atoms with Crippen molar-refractivity contribution in [3.63, 3.8) is 0 Å². The van der Waals surface area contributed by atoms with Crippen molar-refractivity contribution in [2.45, 2.75) is 59.1 Å². The van der Waals surface area contributed by atoms with Crippen molar-refractivity contribution in [3.8, 4) is 0 Å². The Labute approximate surface area is 181 Å². The number of nitrogens with zero attached hydrogens (tertiary/aromatic N) is 2. The Morgan fingerprint density at radius 3 is 2.52 bits per heavy atom. The molecule has 1 aliphatic carbocycles. The minimum Gasteiger partial charge on any atom is -0.674 e. The fourth-order valence-electron chi connectivity index (χ4n) is 3.99. The molecule has 1 heterocycles. The van der Waals surface area contributed by atoms with Gasteiger partial charge in [-0.25, -0.2) is 4.98 Å². The summed E-state index contributed by atoms with van der Waals surface area (Å²) in [6.07, 6.45) is 8.43. The van der Waals surface area contributed by atoms with Gasteiger partial charge in [0.2, 0.25) is 0 Å². The molecule has 2 rings (SSSR count). The van der Waals surface area contributed by atoms with E-state index in [1.807, 2.05) is 0 Å². The first-order valence-corrected chi connectivity index (χ1v) is 8.80. The molecule has 23 heavy (non-hydrogen) atoms. The van der Waals surface area contributed by atoms with Gasteiger partial charge in [0.1, 0.15) is 12.4 Å². The van der Waals surface area contributed by atoms with E-state index in [4.69, 9.17) is 22.7 Å². The van der Waals surface area contributed by atoms with Crippen LogP contribution in [0, 0.1) is 67.7 Å². The maximum Gasteiger partial charge on any atom is 0.269 e. The van der Waals surface area contributed by atoms with Crippen molar-refractivity contribution in [2.75, 3.05) is 0 Å². The van der Waals surface area contributed by atoms with Crippen LogP contribution in [0.25, 0.3) is 5.73 Å². The predicted octanol–water partition coefficient (Wildman–Crippen LogP) is 4.55. The molecule has 1 aromatic rings. The van der Waals surface area contributed by atoms with Crippen molar-refractivity contribution in [2.24, 2.45) is 23.7 Å². The van der Waals surface area contributed by atoms with Gasteiger partial charge >= 0.3 is 0 Å². The van der Waals surface area contributed by atoms with E-state index in [0.29, 0.717) is 22.9 Å². The second-order valence-corrected chi connectivity index (χ2v) is 7.04. The van der Waals surface area contributed by atoms with Crippen LogP contribution in [0.15, 0.2) is 18.7 Å². The quantitative estimate of drug-likeness (QED) is 0.507. The van der Waals surface area contributed by atoms with Crippen LogP contribution in [-0.4, -0.2) is 26.9 Å². The van der Waals surface area contributed by atoms with Crippen LogP contribution in [0.5, 0.6) is 0 Å². The minimum absolute atomic E-state index is 0. The first-order valence-electron chi connectivity index (χ1n) is 8.39. The van der Waals surface area contributed by atoms with Gasteiger partial charge in [0, 0.05) is 56.5 Å². The van der Waals surface area contributed by atoms with Crippen LogP contribution in [0.1, 0.15) is 47.0 Å². The van der Waals surface area contributed by atoms with E-state index < -0.39 is 0 Å². The van der Waals surface area contributed by atoms with Gasteiger partial charge in [-0.2, -0.15) is 0 Å². The summed E-state index contributed by atoms with van der Waals surface area (Å²) in [5.41, 5.74) is 8.75. The molecule has 4 nitrogen and oxygen atoms in total. The Morgan fingerprint density at radius 1 is 1.35 bits per heavy atom. The van der Waals surface area contributed by atoms with Gasteiger partial charge in [0.25, 0.3) is 5.17 Å². The summed E-state index contributed by atoms with van der Waals surface area (Å²) in [7, 11) is 0. The summed E-state index contributed by atoms with van der Waals surface area (Å²) in [6, 6.07) is -0.0782. The molecule has 5 atom stereocenters. The summed E-state index contributed by atoms with van der Waals surface area (Å²) in [6.45, 7) is 8.85. The molecule has 0 spiro atoms. The van der Waals surface area contributed by atoms with Crippen molar-refractivity contribution < 1.29 is 48.8 Å². The SMILES string of the molecule is CCC(CC)C([NH-])[C@@H]1[C@H](OC(=S)n2ccnc2)[C@@H](C)C[C@H]1C.[Ac]. The largest absolute Gasteiger partial charge is 0.674 e. The van der Waals surface area contributed by atoms with Crippen molar-refractivity contribution in [3.05, 3.63) is 24.5 Å². The van der Waals surface area contributed by atoms with Crippen molar-refractivity contribution >= 4 is 17.4 Å². The van der Waals surface area contributed by atoms with Crippen LogP contribution in [0.4, 0.5) is 0 Å².